The van der Waals surface area contributed by atoms with Crippen LogP contribution in [0, 0.1) is 3.57 Å². The molecule has 0 aliphatic carbocycles. The van der Waals surface area contributed by atoms with E-state index < -0.39 is 23.7 Å². The number of esters is 1. The summed E-state index contributed by atoms with van der Waals surface area (Å²) in [6.45, 7) is 5.34. The van der Waals surface area contributed by atoms with Gasteiger partial charge in [-0.3, -0.25) is 0 Å². The molecule has 0 aliphatic rings. The summed E-state index contributed by atoms with van der Waals surface area (Å²) < 4.78 is 11.2. The van der Waals surface area contributed by atoms with Crippen molar-refractivity contribution in [2.75, 3.05) is 7.11 Å². The fourth-order valence-corrected chi connectivity index (χ4v) is 3.35. The number of rotatable bonds is 11. The number of ether oxygens (including phenoxy) is 2. The van der Waals surface area contributed by atoms with Crippen LogP contribution < -0.4 is 5.32 Å². The quantitative estimate of drug-likeness (QED) is 0.173. The molecule has 0 heterocycles. The zero-order valence-electron chi connectivity index (χ0n) is 17.8. The highest BCUT2D eigenvalue weighted by Crippen LogP contribution is 2.13. The molecule has 0 bridgehead atoms. The molecule has 1 N–H and O–H groups in total. The first-order valence-corrected chi connectivity index (χ1v) is 11.4. The molecule has 5 nitrogen and oxygen atoms in total. The minimum atomic E-state index is -0.692. The summed E-state index contributed by atoms with van der Waals surface area (Å²) in [7, 11) is 1.32. The number of hydrogen-bond donors (Lipinski definition) is 1. The van der Waals surface area contributed by atoms with E-state index >= 15 is 0 Å². The van der Waals surface area contributed by atoms with Crippen molar-refractivity contribution in [2.24, 2.45) is 0 Å². The van der Waals surface area contributed by atoms with Crippen LogP contribution in [-0.4, -0.2) is 35.7 Å². The third-order valence-corrected chi connectivity index (χ3v) is 5.36. The van der Waals surface area contributed by atoms with E-state index in [0.717, 1.165) is 43.4 Å². The van der Waals surface area contributed by atoms with Gasteiger partial charge in [0.2, 0.25) is 0 Å². The smallest absolute Gasteiger partial charge is 0.408 e. The lowest BCUT2D eigenvalue weighted by atomic mass is 10.0. The third kappa shape index (κ3) is 12.2. The Morgan fingerprint density at radius 1 is 1.10 bits per heavy atom. The highest BCUT2D eigenvalue weighted by Gasteiger charge is 2.24. The minimum Gasteiger partial charge on any atom is -0.467 e. The summed E-state index contributed by atoms with van der Waals surface area (Å²) in [5.74, 6) is -0.455. The molecule has 1 aromatic carbocycles. The lowest BCUT2D eigenvalue weighted by Crippen LogP contribution is -2.44. The Morgan fingerprint density at radius 2 is 1.76 bits per heavy atom. The monoisotopic (exact) mass is 533 g/mol. The van der Waals surface area contributed by atoms with Crippen molar-refractivity contribution in [2.45, 2.75) is 77.4 Å². The molecule has 1 atom stereocenters. The lowest BCUT2D eigenvalue weighted by Gasteiger charge is -2.22. The molecule has 0 radical (unpaired) electrons. The Bertz CT molecular complexity index is 670. The molecule has 0 aliphatic heterocycles. The van der Waals surface area contributed by atoms with Crippen molar-refractivity contribution in [3.8, 4) is 0 Å². The average Bonchev–Trinajstić information content (AvgIpc) is 2.64. The standard InChI is InChI=1S/C22H32INO4S/c1-22(2,3)28-21(26)24-19(20(25)27-4)9-7-5-6-8-18(29)15-12-16-10-13-17(23)14-11-16/h10-11,13-14,19H,5-9,12,15H2,1-4H3,(H,24,26)/t19-/m0/s1. The average molecular weight is 533 g/mol. The van der Waals surface area contributed by atoms with Crippen LogP contribution in [0.4, 0.5) is 4.79 Å². The number of aryl methyl sites for hydroxylation is 1. The molecule has 0 unspecified atom stereocenters. The summed E-state index contributed by atoms with van der Waals surface area (Å²) in [6.07, 6.45) is 5.42. The number of halogens is 1. The molecule has 29 heavy (non-hydrogen) atoms. The highest BCUT2D eigenvalue weighted by molar-refractivity contribution is 14.1. The van der Waals surface area contributed by atoms with E-state index in [1.807, 2.05) is 0 Å². The van der Waals surface area contributed by atoms with E-state index in [9.17, 15) is 9.59 Å². The number of carbonyl (C=O) groups excluding carboxylic acids is 2. The van der Waals surface area contributed by atoms with E-state index in [4.69, 9.17) is 21.7 Å². The van der Waals surface area contributed by atoms with Gasteiger partial charge >= 0.3 is 12.1 Å². The molecule has 1 amide bonds. The molecule has 0 fully saturated rings. The predicted molar refractivity (Wildman–Crippen MR) is 128 cm³/mol. The molecule has 0 saturated heterocycles. The van der Waals surface area contributed by atoms with Crippen molar-refractivity contribution < 1.29 is 19.1 Å². The molecule has 7 heteroatoms. The molecular formula is C22H32INO4S. The highest BCUT2D eigenvalue weighted by atomic mass is 127. The van der Waals surface area contributed by atoms with Gasteiger partial charge in [0.1, 0.15) is 11.6 Å². The van der Waals surface area contributed by atoms with Crippen LogP contribution in [-0.2, 0) is 20.7 Å². The van der Waals surface area contributed by atoms with E-state index in [-0.39, 0.29) is 0 Å². The molecular weight excluding hydrogens is 501 g/mol. The van der Waals surface area contributed by atoms with Gasteiger partial charge in [-0.25, -0.2) is 9.59 Å². The second-order valence-corrected chi connectivity index (χ2v) is 9.81. The van der Waals surface area contributed by atoms with Gasteiger partial charge < -0.3 is 14.8 Å². The summed E-state index contributed by atoms with van der Waals surface area (Å²) in [5, 5.41) is 2.60. The molecule has 0 spiro atoms. The van der Waals surface area contributed by atoms with Crippen LogP contribution in [0.5, 0.6) is 0 Å². The summed E-state index contributed by atoms with van der Waals surface area (Å²) in [6, 6.07) is 7.83. The maximum Gasteiger partial charge on any atom is 0.408 e. The topological polar surface area (TPSA) is 64.6 Å². The number of benzene rings is 1. The Kier molecular flexibility index (Phi) is 11.7. The van der Waals surface area contributed by atoms with Crippen LogP contribution in [0.3, 0.4) is 0 Å². The Balaban J connectivity index is 2.28. The largest absolute Gasteiger partial charge is 0.467 e. The lowest BCUT2D eigenvalue weighted by molar-refractivity contribution is -0.143. The van der Waals surface area contributed by atoms with Crippen LogP contribution in [0.15, 0.2) is 24.3 Å². The molecule has 162 valence electrons. The van der Waals surface area contributed by atoms with E-state index in [2.05, 4.69) is 52.2 Å². The first kappa shape index (κ1) is 25.8. The Morgan fingerprint density at radius 3 is 2.34 bits per heavy atom. The second kappa shape index (κ2) is 13.2. The van der Waals surface area contributed by atoms with Crippen molar-refractivity contribution in [1.29, 1.82) is 0 Å². The number of hydrogen-bond acceptors (Lipinski definition) is 5. The number of carbonyl (C=O) groups is 2. The fraction of sp³-hybridized carbons (Fsp3) is 0.591. The van der Waals surface area contributed by atoms with Crippen molar-refractivity contribution in [3.63, 3.8) is 0 Å². The van der Waals surface area contributed by atoms with Gasteiger partial charge in [-0.15, -0.1) is 0 Å². The number of unbranched alkanes of at least 4 members (excludes halogenated alkanes) is 2. The zero-order chi connectivity index (χ0) is 21.9. The third-order valence-electron chi connectivity index (χ3n) is 4.23. The van der Waals surface area contributed by atoms with E-state index in [0.29, 0.717) is 6.42 Å². The van der Waals surface area contributed by atoms with Gasteiger partial charge in [-0.1, -0.05) is 37.2 Å². The first-order valence-electron chi connectivity index (χ1n) is 9.94. The summed E-state index contributed by atoms with van der Waals surface area (Å²) in [5.41, 5.74) is 0.695. The molecule has 0 aromatic heterocycles. The Labute approximate surface area is 193 Å². The fourth-order valence-electron chi connectivity index (χ4n) is 2.75. The number of amides is 1. The molecule has 1 aromatic rings. The van der Waals surface area contributed by atoms with Crippen LogP contribution in [0.1, 0.15) is 64.9 Å². The van der Waals surface area contributed by atoms with E-state index in [1.165, 1.54) is 16.2 Å². The number of alkyl carbamates (subject to hydrolysis) is 1. The number of thiocarbonyl (C=S) groups is 1. The minimum absolute atomic E-state index is 0.455. The molecule has 0 saturated carbocycles. The summed E-state index contributed by atoms with van der Waals surface area (Å²) >= 11 is 7.80. The van der Waals surface area contributed by atoms with Gasteiger partial charge in [0.05, 0.1) is 7.11 Å². The number of nitrogens with one attached hydrogen (secondary N) is 1. The number of methoxy groups -OCH3 is 1. The van der Waals surface area contributed by atoms with Gasteiger partial charge in [0.25, 0.3) is 0 Å². The Hall–Kier alpha value is -1.22. The van der Waals surface area contributed by atoms with Gasteiger partial charge in [0, 0.05) is 3.57 Å². The second-order valence-electron chi connectivity index (χ2n) is 7.99. The first-order chi connectivity index (χ1) is 13.6. The van der Waals surface area contributed by atoms with Crippen LogP contribution >= 0.6 is 34.8 Å². The van der Waals surface area contributed by atoms with E-state index in [1.54, 1.807) is 20.8 Å². The van der Waals surface area contributed by atoms with Crippen molar-refractivity contribution >= 4 is 51.7 Å². The van der Waals surface area contributed by atoms with Crippen molar-refractivity contribution in [1.82, 2.24) is 5.32 Å². The predicted octanol–water partition coefficient (Wildman–Crippen LogP) is 5.61. The summed E-state index contributed by atoms with van der Waals surface area (Å²) in [4.78, 5) is 24.9. The van der Waals surface area contributed by atoms with Crippen LogP contribution in [0.2, 0.25) is 0 Å². The van der Waals surface area contributed by atoms with Crippen molar-refractivity contribution in [3.05, 3.63) is 33.4 Å². The van der Waals surface area contributed by atoms with Gasteiger partial charge in [-0.05, 0) is 98.0 Å². The molecule has 1 rings (SSSR count). The van der Waals surface area contributed by atoms with Gasteiger partial charge in [0.15, 0.2) is 0 Å². The van der Waals surface area contributed by atoms with Gasteiger partial charge in [-0.2, -0.15) is 0 Å². The maximum absolute atomic E-state index is 11.9. The normalized spacial score (nSPS) is 12.2. The maximum atomic E-state index is 11.9. The SMILES string of the molecule is COC(=O)[C@H](CCCCCC(=S)CCc1ccc(I)cc1)NC(=O)OC(C)(C)C. The zero-order valence-corrected chi connectivity index (χ0v) is 20.7. The van der Waals surface area contributed by atoms with Crippen LogP contribution in [0.25, 0.3) is 0 Å².